The van der Waals surface area contributed by atoms with Crippen LogP contribution >= 0.6 is 12.6 Å². The Labute approximate surface area is 76.4 Å². The van der Waals surface area contributed by atoms with Gasteiger partial charge in [0.05, 0.1) is 0 Å². The molecular weight excluding hydrogens is 170 g/mol. The third-order valence-electron chi connectivity index (χ3n) is 2.01. The van der Waals surface area contributed by atoms with Crippen molar-refractivity contribution in [2.45, 2.75) is 12.2 Å². The predicted octanol–water partition coefficient (Wildman–Crippen LogP) is 1.92. The number of anilines is 1. The minimum absolute atomic E-state index is 0.0288. The lowest BCUT2D eigenvalue weighted by Crippen LogP contribution is -2.06. The summed E-state index contributed by atoms with van der Waals surface area (Å²) < 4.78 is 0. The predicted molar refractivity (Wildman–Crippen MR) is 51.5 cm³/mol. The molecule has 2 nitrogen and oxygen atoms in total. The lowest BCUT2D eigenvalue weighted by atomic mass is 10.1. The van der Waals surface area contributed by atoms with E-state index in [-0.39, 0.29) is 11.2 Å². The molecule has 1 unspecified atom stereocenters. The van der Waals surface area contributed by atoms with Crippen LogP contribution in [-0.2, 0) is 4.79 Å². The van der Waals surface area contributed by atoms with Gasteiger partial charge < -0.3 is 5.32 Å². The average molecular weight is 179 g/mol. The summed E-state index contributed by atoms with van der Waals surface area (Å²) in [6.07, 6.45) is 0. The van der Waals surface area contributed by atoms with Gasteiger partial charge in [0.25, 0.3) is 0 Å². The van der Waals surface area contributed by atoms with Gasteiger partial charge in [0.2, 0.25) is 5.91 Å². The zero-order chi connectivity index (χ0) is 8.72. The maximum Gasteiger partial charge on any atom is 0.241 e. The van der Waals surface area contributed by atoms with E-state index in [4.69, 9.17) is 0 Å². The quantitative estimate of drug-likeness (QED) is 0.585. The van der Waals surface area contributed by atoms with Crippen molar-refractivity contribution < 1.29 is 4.79 Å². The largest absolute Gasteiger partial charge is 0.325 e. The summed E-state index contributed by atoms with van der Waals surface area (Å²) in [6, 6.07) is 5.88. The van der Waals surface area contributed by atoms with Crippen LogP contribution in [0.3, 0.4) is 0 Å². The molecule has 0 saturated heterocycles. The molecule has 0 aliphatic carbocycles. The van der Waals surface area contributed by atoms with Gasteiger partial charge >= 0.3 is 0 Å². The molecule has 0 aromatic heterocycles. The van der Waals surface area contributed by atoms with Crippen molar-refractivity contribution in [1.29, 1.82) is 0 Å². The minimum atomic E-state index is -0.292. The molecule has 1 aromatic carbocycles. The monoisotopic (exact) mass is 179 g/mol. The fourth-order valence-corrected chi connectivity index (χ4v) is 1.64. The SMILES string of the molecule is Cc1ccc2c(c1)C(S)C(=O)N2. The molecule has 3 heteroatoms. The molecule has 0 spiro atoms. The Kier molecular flexibility index (Phi) is 1.61. The summed E-state index contributed by atoms with van der Waals surface area (Å²) >= 11 is 4.20. The maximum absolute atomic E-state index is 11.2. The third-order valence-corrected chi connectivity index (χ3v) is 2.52. The average Bonchev–Trinajstić information content (AvgIpc) is 2.31. The van der Waals surface area contributed by atoms with Gasteiger partial charge in [-0.3, -0.25) is 4.79 Å². The van der Waals surface area contributed by atoms with E-state index in [1.807, 2.05) is 25.1 Å². The van der Waals surface area contributed by atoms with Crippen molar-refractivity contribution in [3.8, 4) is 0 Å². The van der Waals surface area contributed by atoms with Crippen LogP contribution in [0.25, 0.3) is 0 Å². The summed E-state index contributed by atoms with van der Waals surface area (Å²) in [6.45, 7) is 2.00. The minimum Gasteiger partial charge on any atom is -0.325 e. The highest BCUT2D eigenvalue weighted by atomic mass is 32.1. The molecule has 0 bridgehead atoms. The standard InChI is InChI=1S/C9H9NOS/c1-5-2-3-7-6(4-5)8(12)9(11)10-7/h2-4,8,12H,1H3,(H,10,11). The van der Waals surface area contributed by atoms with Gasteiger partial charge in [-0.15, -0.1) is 0 Å². The number of hydrogen-bond donors (Lipinski definition) is 2. The molecule has 1 heterocycles. The van der Waals surface area contributed by atoms with Crippen LogP contribution in [0.4, 0.5) is 5.69 Å². The number of amides is 1. The van der Waals surface area contributed by atoms with Crippen LogP contribution in [0.2, 0.25) is 0 Å². The van der Waals surface area contributed by atoms with E-state index in [1.165, 1.54) is 0 Å². The molecule has 1 N–H and O–H groups in total. The van der Waals surface area contributed by atoms with E-state index in [1.54, 1.807) is 0 Å². The number of rotatable bonds is 0. The van der Waals surface area contributed by atoms with Crippen molar-refractivity contribution in [3.63, 3.8) is 0 Å². The number of benzene rings is 1. The Morgan fingerprint density at radius 1 is 1.50 bits per heavy atom. The summed E-state index contributed by atoms with van der Waals surface area (Å²) in [4.78, 5) is 11.2. The van der Waals surface area contributed by atoms with Crippen LogP contribution in [0, 0.1) is 6.92 Å². The molecule has 1 aliphatic rings. The summed E-state index contributed by atoms with van der Waals surface area (Å²) in [5, 5.41) is 2.47. The lowest BCUT2D eigenvalue weighted by molar-refractivity contribution is -0.115. The van der Waals surface area contributed by atoms with Gasteiger partial charge in [0.15, 0.2) is 0 Å². The summed E-state index contributed by atoms with van der Waals surface area (Å²) in [5.74, 6) is -0.0288. The molecule has 1 aromatic rings. The Morgan fingerprint density at radius 2 is 2.25 bits per heavy atom. The maximum atomic E-state index is 11.2. The van der Waals surface area contributed by atoms with Crippen molar-refractivity contribution in [2.24, 2.45) is 0 Å². The highest BCUT2D eigenvalue weighted by molar-refractivity contribution is 7.81. The second-order valence-corrected chi connectivity index (χ2v) is 3.50. The molecule has 2 rings (SSSR count). The smallest absolute Gasteiger partial charge is 0.241 e. The molecule has 1 amide bonds. The Balaban J connectivity index is 2.55. The van der Waals surface area contributed by atoms with Gasteiger partial charge in [0, 0.05) is 5.69 Å². The second-order valence-electron chi connectivity index (χ2n) is 2.98. The molecule has 1 aliphatic heterocycles. The Bertz CT molecular complexity index is 348. The van der Waals surface area contributed by atoms with Gasteiger partial charge in [-0.25, -0.2) is 0 Å². The zero-order valence-corrected chi connectivity index (χ0v) is 7.56. The van der Waals surface area contributed by atoms with E-state index in [9.17, 15) is 4.79 Å². The number of fused-ring (bicyclic) bond motifs is 1. The van der Waals surface area contributed by atoms with Gasteiger partial charge in [-0.1, -0.05) is 17.7 Å². The fourth-order valence-electron chi connectivity index (χ4n) is 1.36. The zero-order valence-electron chi connectivity index (χ0n) is 6.66. The van der Waals surface area contributed by atoms with Crippen molar-refractivity contribution >= 4 is 24.2 Å². The molecule has 0 radical (unpaired) electrons. The number of carbonyl (C=O) groups excluding carboxylic acids is 1. The molecule has 0 fully saturated rings. The first kappa shape index (κ1) is 7.68. The van der Waals surface area contributed by atoms with E-state index in [0.717, 1.165) is 16.8 Å². The van der Waals surface area contributed by atoms with Crippen LogP contribution in [-0.4, -0.2) is 5.91 Å². The molecule has 62 valence electrons. The van der Waals surface area contributed by atoms with Crippen LogP contribution in [0.15, 0.2) is 18.2 Å². The van der Waals surface area contributed by atoms with E-state index in [2.05, 4.69) is 17.9 Å². The normalized spacial score (nSPS) is 20.5. The molecule has 12 heavy (non-hydrogen) atoms. The first-order chi connectivity index (χ1) is 5.68. The highest BCUT2D eigenvalue weighted by Crippen LogP contribution is 2.34. The fraction of sp³-hybridized carbons (Fsp3) is 0.222. The third kappa shape index (κ3) is 1.01. The van der Waals surface area contributed by atoms with E-state index >= 15 is 0 Å². The van der Waals surface area contributed by atoms with Crippen molar-refractivity contribution in [1.82, 2.24) is 0 Å². The van der Waals surface area contributed by atoms with Gasteiger partial charge in [-0.2, -0.15) is 12.6 Å². The number of carbonyl (C=O) groups is 1. The Hall–Kier alpha value is -0.960. The number of thiol groups is 1. The number of hydrogen-bond acceptors (Lipinski definition) is 2. The highest BCUT2D eigenvalue weighted by Gasteiger charge is 2.26. The topological polar surface area (TPSA) is 29.1 Å². The van der Waals surface area contributed by atoms with Crippen LogP contribution in [0.1, 0.15) is 16.4 Å². The van der Waals surface area contributed by atoms with Crippen LogP contribution in [0.5, 0.6) is 0 Å². The van der Waals surface area contributed by atoms with Crippen LogP contribution < -0.4 is 5.32 Å². The summed E-state index contributed by atoms with van der Waals surface area (Å²) in [7, 11) is 0. The van der Waals surface area contributed by atoms with Gasteiger partial charge in [0.1, 0.15) is 5.25 Å². The number of nitrogens with one attached hydrogen (secondary N) is 1. The molecule has 0 saturated carbocycles. The Morgan fingerprint density at radius 3 is 3.00 bits per heavy atom. The molecule has 1 atom stereocenters. The first-order valence-electron chi connectivity index (χ1n) is 3.78. The lowest BCUT2D eigenvalue weighted by Gasteiger charge is -2.00. The van der Waals surface area contributed by atoms with Crippen molar-refractivity contribution in [3.05, 3.63) is 29.3 Å². The molecular formula is C9H9NOS. The first-order valence-corrected chi connectivity index (χ1v) is 4.29. The van der Waals surface area contributed by atoms with Crippen molar-refractivity contribution in [2.75, 3.05) is 5.32 Å². The van der Waals surface area contributed by atoms with Gasteiger partial charge in [-0.05, 0) is 18.6 Å². The van der Waals surface area contributed by atoms with E-state index < -0.39 is 0 Å². The second kappa shape index (κ2) is 2.52. The summed E-state index contributed by atoms with van der Waals surface area (Å²) in [5.41, 5.74) is 3.04. The van der Waals surface area contributed by atoms with E-state index in [0.29, 0.717) is 0 Å². The number of aryl methyl sites for hydroxylation is 1.